The average molecular weight is 491 g/mol. The number of carbonyl (C=O) groups is 1. The zero-order valence-electron chi connectivity index (χ0n) is 19.7. The second-order valence-electron chi connectivity index (χ2n) is 8.86. The summed E-state index contributed by atoms with van der Waals surface area (Å²) in [7, 11) is 4.07. The predicted molar refractivity (Wildman–Crippen MR) is 138 cm³/mol. The largest absolute Gasteiger partial charge is 0.350 e. The Morgan fingerprint density at radius 3 is 2.69 bits per heavy atom. The topological polar surface area (TPSA) is 65.8 Å². The Balaban J connectivity index is 1.33. The molecule has 2 aromatic carbocycles. The van der Waals surface area contributed by atoms with Crippen LogP contribution in [0.1, 0.15) is 21.6 Å². The molecule has 0 saturated carbocycles. The summed E-state index contributed by atoms with van der Waals surface area (Å²) in [5.41, 5.74) is 6.84. The van der Waals surface area contributed by atoms with Crippen LogP contribution in [-0.2, 0) is 13.6 Å². The monoisotopic (exact) mass is 490 g/mol. The zero-order valence-corrected chi connectivity index (χ0v) is 20.6. The molecule has 180 valence electrons. The van der Waals surface area contributed by atoms with Gasteiger partial charge in [-0.15, -0.1) is 11.3 Å². The number of nitrogens with one attached hydrogen (secondary N) is 1. The highest BCUT2D eigenvalue weighted by Crippen LogP contribution is 2.30. The lowest BCUT2D eigenvalue weighted by Crippen LogP contribution is -2.43. The maximum atomic E-state index is 13.1. The van der Waals surface area contributed by atoms with Crippen molar-refractivity contribution in [1.29, 1.82) is 0 Å². The minimum Gasteiger partial charge on any atom is -0.350 e. The van der Waals surface area contributed by atoms with Gasteiger partial charge in [-0.1, -0.05) is 12.1 Å². The second-order valence-corrected chi connectivity index (χ2v) is 9.72. The average Bonchev–Trinajstić information content (AvgIpc) is 3.46. The van der Waals surface area contributed by atoms with E-state index in [0.29, 0.717) is 11.1 Å². The van der Waals surface area contributed by atoms with Crippen molar-refractivity contribution < 1.29 is 9.18 Å². The van der Waals surface area contributed by atoms with E-state index >= 15 is 0 Å². The highest BCUT2D eigenvalue weighted by Gasteiger charge is 2.17. The summed E-state index contributed by atoms with van der Waals surface area (Å²) in [6.45, 7) is 5.14. The van der Waals surface area contributed by atoms with Gasteiger partial charge in [-0.2, -0.15) is 5.10 Å². The van der Waals surface area contributed by atoms with E-state index in [1.165, 1.54) is 18.3 Å². The lowest BCUT2D eigenvalue weighted by Gasteiger charge is -2.31. The van der Waals surface area contributed by atoms with E-state index in [-0.39, 0.29) is 11.7 Å². The summed E-state index contributed by atoms with van der Waals surface area (Å²) in [6.07, 6.45) is 3.29. The first-order valence-electron chi connectivity index (χ1n) is 11.5. The molecule has 0 aliphatic carbocycles. The van der Waals surface area contributed by atoms with Gasteiger partial charge in [-0.3, -0.25) is 9.69 Å². The minimum absolute atomic E-state index is 0.305. The lowest BCUT2D eigenvalue weighted by atomic mass is 10.1. The van der Waals surface area contributed by atoms with Crippen molar-refractivity contribution in [3.05, 3.63) is 76.7 Å². The van der Waals surface area contributed by atoms with Crippen LogP contribution in [0.5, 0.6) is 0 Å². The molecule has 35 heavy (non-hydrogen) atoms. The minimum atomic E-state index is -0.315. The smallest absolute Gasteiger partial charge is 0.273 e. The maximum Gasteiger partial charge on any atom is 0.273 e. The molecule has 1 aliphatic heterocycles. The Morgan fingerprint density at radius 1 is 1.14 bits per heavy atom. The van der Waals surface area contributed by atoms with Gasteiger partial charge in [0.05, 0.1) is 17.5 Å². The van der Waals surface area contributed by atoms with E-state index in [1.807, 2.05) is 23.7 Å². The number of carbonyl (C=O) groups excluding carboxylic acids is 1. The summed E-state index contributed by atoms with van der Waals surface area (Å²) in [6, 6.07) is 12.0. The quantitative estimate of drug-likeness (QED) is 0.328. The van der Waals surface area contributed by atoms with Crippen molar-refractivity contribution in [2.24, 2.45) is 12.1 Å². The first-order valence-corrected chi connectivity index (χ1v) is 12.4. The summed E-state index contributed by atoms with van der Waals surface area (Å²) in [4.78, 5) is 22.6. The number of likely N-dealkylation sites (N-methyl/N-ethyl adjacent to an activating group) is 1. The van der Waals surface area contributed by atoms with Crippen LogP contribution in [0.4, 0.5) is 4.39 Å². The molecule has 1 N–H and O–H groups in total. The first-order chi connectivity index (χ1) is 17.0. The van der Waals surface area contributed by atoms with Gasteiger partial charge in [0.15, 0.2) is 0 Å². The van der Waals surface area contributed by atoms with Gasteiger partial charge in [-0.25, -0.2) is 14.8 Å². The number of hydrazone groups is 1. The number of aryl methyl sites for hydroxylation is 1. The number of piperazine rings is 1. The van der Waals surface area contributed by atoms with Crippen LogP contribution in [0.25, 0.3) is 21.5 Å². The van der Waals surface area contributed by atoms with Crippen molar-refractivity contribution in [2.45, 2.75) is 6.54 Å². The van der Waals surface area contributed by atoms with Gasteiger partial charge >= 0.3 is 0 Å². The van der Waals surface area contributed by atoms with Crippen molar-refractivity contribution in [1.82, 2.24) is 24.8 Å². The van der Waals surface area contributed by atoms with Crippen LogP contribution in [0.15, 0.2) is 59.1 Å². The molecular weight excluding hydrogens is 463 g/mol. The van der Waals surface area contributed by atoms with Crippen LogP contribution >= 0.6 is 11.3 Å². The van der Waals surface area contributed by atoms with Crippen molar-refractivity contribution >= 4 is 34.4 Å². The molecule has 0 spiro atoms. The number of fused-ring (bicyclic) bond motifs is 1. The SMILES string of the molecule is CN1CCN(Cc2csc(-c3ccc4c(c3)c(C(=O)N/N=C/c3ccc(F)cc3)cn4C)n2)CC1. The molecule has 0 radical (unpaired) electrons. The molecule has 0 bridgehead atoms. The molecule has 7 nitrogen and oxygen atoms in total. The highest BCUT2D eigenvalue weighted by molar-refractivity contribution is 7.13. The first kappa shape index (κ1) is 23.3. The Kier molecular flexibility index (Phi) is 6.72. The molecule has 1 saturated heterocycles. The molecule has 2 aromatic heterocycles. The highest BCUT2D eigenvalue weighted by atomic mass is 32.1. The van der Waals surface area contributed by atoms with Crippen LogP contribution in [0.2, 0.25) is 0 Å². The van der Waals surface area contributed by atoms with E-state index in [4.69, 9.17) is 4.98 Å². The van der Waals surface area contributed by atoms with Crippen LogP contribution in [0, 0.1) is 5.82 Å². The standard InChI is InChI=1S/C26H27FN6OS/c1-31-9-11-33(12-10-31)15-21-17-35-26(29-21)19-5-8-24-22(13-19)23(16-32(24)2)25(34)30-28-14-18-3-6-20(27)7-4-18/h3-8,13-14,16-17H,9-12,15H2,1-2H3,(H,30,34)/b28-14+. The molecule has 5 rings (SSSR count). The Morgan fingerprint density at radius 2 is 1.91 bits per heavy atom. The van der Waals surface area contributed by atoms with Gasteiger partial charge in [0, 0.05) is 67.8 Å². The Bertz CT molecular complexity index is 1370. The van der Waals surface area contributed by atoms with Crippen molar-refractivity contribution in [3.63, 3.8) is 0 Å². The van der Waals surface area contributed by atoms with Crippen LogP contribution < -0.4 is 5.43 Å². The summed E-state index contributed by atoms with van der Waals surface area (Å²) in [5, 5.41) is 7.95. The Labute approximate surface area is 207 Å². The second kappa shape index (κ2) is 10.1. The van der Waals surface area contributed by atoms with Crippen molar-refractivity contribution in [2.75, 3.05) is 33.2 Å². The Hall–Kier alpha value is -3.40. The summed E-state index contributed by atoms with van der Waals surface area (Å²) in [5.74, 6) is -0.620. The number of rotatable bonds is 6. The number of amides is 1. The molecule has 0 unspecified atom stereocenters. The lowest BCUT2D eigenvalue weighted by molar-refractivity contribution is 0.0956. The number of benzene rings is 2. The van der Waals surface area contributed by atoms with Gasteiger partial charge in [0.1, 0.15) is 10.8 Å². The van der Waals surface area contributed by atoms with E-state index < -0.39 is 0 Å². The summed E-state index contributed by atoms with van der Waals surface area (Å²) >= 11 is 1.63. The fourth-order valence-corrected chi connectivity index (χ4v) is 5.04. The fourth-order valence-electron chi connectivity index (χ4n) is 4.23. The molecule has 1 amide bonds. The molecule has 9 heteroatoms. The number of halogens is 1. The van der Waals surface area contributed by atoms with Gasteiger partial charge in [0.25, 0.3) is 5.91 Å². The van der Waals surface area contributed by atoms with E-state index in [1.54, 1.807) is 29.7 Å². The zero-order chi connectivity index (χ0) is 24.4. The predicted octanol–water partition coefficient (Wildman–Crippen LogP) is 3.95. The van der Waals surface area contributed by atoms with Gasteiger partial charge < -0.3 is 9.47 Å². The van der Waals surface area contributed by atoms with Gasteiger partial charge in [0.2, 0.25) is 0 Å². The number of hydrogen-bond donors (Lipinski definition) is 1. The number of aromatic nitrogens is 2. The molecule has 4 aromatic rings. The van der Waals surface area contributed by atoms with Crippen molar-refractivity contribution in [3.8, 4) is 10.6 Å². The maximum absolute atomic E-state index is 13.1. The molecule has 1 fully saturated rings. The fraction of sp³-hybridized carbons (Fsp3) is 0.269. The van der Waals surface area contributed by atoms with E-state index in [2.05, 4.69) is 38.8 Å². The van der Waals surface area contributed by atoms with Crippen LogP contribution in [0.3, 0.4) is 0 Å². The normalized spacial score (nSPS) is 15.3. The van der Waals surface area contributed by atoms with E-state index in [0.717, 1.165) is 59.9 Å². The third-order valence-corrected chi connectivity index (χ3v) is 7.20. The molecule has 3 heterocycles. The summed E-state index contributed by atoms with van der Waals surface area (Å²) < 4.78 is 15.0. The molecule has 0 atom stereocenters. The molecular formula is C26H27FN6OS. The molecule has 1 aliphatic rings. The third kappa shape index (κ3) is 5.32. The van der Waals surface area contributed by atoms with E-state index in [9.17, 15) is 9.18 Å². The van der Waals surface area contributed by atoms with Gasteiger partial charge in [-0.05, 0) is 42.9 Å². The third-order valence-electron chi connectivity index (χ3n) is 6.26. The van der Waals surface area contributed by atoms with Crippen LogP contribution in [-0.4, -0.2) is 64.7 Å². The number of nitrogens with zero attached hydrogens (tertiary/aromatic N) is 5. The number of hydrogen-bond acceptors (Lipinski definition) is 6. The number of thiazole rings is 1.